The lowest BCUT2D eigenvalue weighted by atomic mass is 9.94. The number of para-hydroxylation sites is 7. The zero-order valence-electron chi connectivity index (χ0n) is 44.4. The molecule has 0 radical (unpaired) electrons. The molecule has 382 valence electrons. The van der Waals surface area contributed by atoms with Gasteiger partial charge >= 0.3 is 0 Å². The molecular formula is C76H48N6. The second-order valence-electron chi connectivity index (χ2n) is 21.2. The first-order valence-electron chi connectivity index (χ1n) is 28.0. The molecule has 0 atom stereocenters. The van der Waals surface area contributed by atoms with Gasteiger partial charge < -0.3 is 18.3 Å². The highest BCUT2D eigenvalue weighted by molar-refractivity contribution is 6.28. The number of hydrogen-bond acceptors (Lipinski definition) is 2. The van der Waals surface area contributed by atoms with Crippen LogP contribution in [0.1, 0.15) is 0 Å². The molecule has 17 rings (SSSR count). The van der Waals surface area contributed by atoms with Crippen LogP contribution in [0.4, 0.5) is 0 Å². The third kappa shape index (κ3) is 6.82. The van der Waals surface area contributed by atoms with Gasteiger partial charge in [-0.3, -0.25) is 0 Å². The molecule has 0 N–H and O–H groups in total. The largest absolute Gasteiger partial charge is 0.309 e. The van der Waals surface area contributed by atoms with Crippen LogP contribution in [0.25, 0.3) is 155 Å². The lowest BCUT2D eigenvalue weighted by Gasteiger charge is -2.21. The highest BCUT2D eigenvalue weighted by Gasteiger charge is 2.28. The third-order valence-electron chi connectivity index (χ3n) is 16.8. The van der Waals surface area contributed by atoms with Crippen molar-refractivity contribution < 1.29 is 0 Å². The topological polar surface area (TPSA) is 45.5 Å². The minimum atomic E-state index is 0.635. The number of benzene rings is 12. The fourth-order valence-corrected chi connectivity index (χ4v) is 13.4. The van der Waals surface area contributed by atoms with E-state index in [1.165, 1.54) is 65.2 Å². The average Bonchev–Trinajstić information content (AvgIpc) is 4.48. The Balaban J connectivity index is 1.02. The molecule has 0 spiro atoms. The second-order valence-corrected chi connectivity index (χ2v) is 21.2. The lowest BCUT2D eigenvalue weighted by molar-refractivity contribution is 1.15. The Morgan fingerprint density at radius 3 is 1.12 bits per heavy atom. The molecule has 0 amide bonds. The number of rotatable bonds is 8. The van der Waals surface area contributed by atoms with Gasteiger partial charge in [0, 0.05) is 82.3 Å². The SMILES string of the molecule is c1ccc(-c2cc(-c3ccccc3)nc(-c3cccc(-n4c5ccccc5c5c4ccc4c6ccccc6n(-c6ccccc6)c45)c3-c3ccccc3-n3c4ccccc4c4c3ccc3c5ccccc5n(-c5ccccc5)c34)n2)cc1. The van der Waals surface area contributed by atoms with Gasteiger partial charge in [0.1, 0.15) is 0 Å². The van der Waals surface area contributed by atoms with Crippen molar-refractivity contribution in [1.29, 1.82) is 0 Å². The van der Waals surface area contributed by atoms with Crippen molar-refractivity contribution in [3.05, 3.63) is 291 Å². The van der Waals surface area contributed by atoms with Crippen molar-refractivity contribution in [2.75, 3.05) is 0 Å². The van der Waals surface area contributed by atoms with Gasteiger partial charge in [-0.25, -0.2) is 9.97 Å². The van der Waals surface area contributed by atoms with Crippen LogP contribution in [0.2, 0.25) is 0 Å². The maximum absolute atomic E-state index is 5.60. The zero-order chi connectivity index (χ0) is 53.8. The second kappa shape index (κ2) is 18.2. The molecule has 5 heterocycles. The number of fused-ring (bicyclic) bond motifs is 14. The van der Waals surface area contributed by atoms with Gasteiger partial charge in [-0.1, -0.05) is 212 Å². The Labute approximate surface area is 471 Å². The van der Waals surface area contributed by atoms with Crippen LogP contribution in [0.15, 0.2) is 291 Å². The molecule has 82 heavy (non-hydrogen) atoms. The van der Waals surface area contributed by atoms with Crippen LogP contribution in [0, 0.1) is 0 Å². The van der Waals surface area contributed by atoms with E-state index in [1.807, 2.05) is 0 Å². The third-order valence-corrected chi connectivity index (χ3v) is 16.8. The van der Waals surface area contributed by atoms with Gasteiger partial charge in [-0.2, -0.15) is 0 Å². The first-order chi connectivity index (χ1) is 40.7. The van der Waals surface area contributed by atoms with E-state index in [1.54, 1.807) is 0 Å². The Morgan fingerprint density at radius 2 is 0.622 bits per heavy atom. The molecule has 0 aliphatic heterocycles. The Morgan fingerprint density at radius 1 is 0.244 bits per heavy atom. The summed E-state index contributed by atoms with van der Waals surface area (Å²) < 4.78 is 9.92. The van der Waals surface area contributed by atoms with Gasteiger partial charge in [0.05, 0.1) is 66.9 Å². The molecule has 0 aliphatic carbocycles. The Bertz CT molecular complexity index is 5320. The van der Waals surface area contributed by atoms with Crippen LogP contribution >= 0.6 is 0 Å². The number of nitrogens with zero attached hydrogens (tertiary/aromatic N) is 6. The highest BCUT2D eigenvalue weighted by Crippen LogP contribution is 2.48. The average molecular weight is 1050 g/mol. The molecule has 0 saturated heterocycles. The van der Waals surface area contributed by atoms with Crippen molar-refractivity contribution >= 4 is 87.2 Å². The van der Waals surface area contributed by atoms with Crippen molar-refractivity contribution in [3.63, 3.8) is 0 Å². The molecule has 0 aliphatic rings. The normalized spacial score (nSPS) is 11.9. The van der Waals surface area contributed by atoms with Crippen molar-refractivity contribution in [2.45, 2.75) is 0 Å². The summed E-state index contributed by atoms with van der Waals surface area (Å²) in [5.74, 6) is 0.635. The maximum Gasteiger partial charge on any atom is 0.161 e. The predicted octanol–water partition coefficient (Wildman–Crippen LogP) is 19.5. The molecule has 17 aromatic rings. The fourth-order valence-electron chi connectivity index (χ4n) is 13.4. The molecule has 5 aromatic heterocycles. The molecule has 6 nitrogen and oxygen atoms in total. The van der Waals surface area contributed by atoms with Crippen molar-refractivity contribution in [3.8, 4) is 67.8 Å². The van der Waals surface area contributed by atoms with Crippen LogP contribution in [0.3, 0.4) is 0 Å². The Kier molecular flexibility index (Phi) is 10.2. The van der Waals surface area contributed by atoms with E-state index < -0.39 is 0 Å². The smallest absolute Gasteiger partial charge is 0.161 e. The van der Waals surface area contributed by atoms with Gasteiger partial charge in [-0.05, 0) is 78.9 Å². The minimum absolute atomic E-state index is 0.635. The summed E-state index contributed by atoms with van der Waals surface area (Å²) in [5, 5.41) is 9.59. The van der Waals surface area contributed by atoms with Gasteiger partial charge in [-0.15, -0.1) is 0 Å². The number of aromatic nitrogens is 6. The van der Waals surface area contributed by atoms with E-state index in [9.17, 15) is 0 Å². The standard InChI is InChI=1S/C76H48N6/c1-5-24-49(25-6-1)61-48-62(50-26-7-2-8-27-50)78-76(77-61)60-37-23-43-68(82-67-42-22-17-36-59(67)73-70(82)47-45-56-54-33-14-19-39-64(54)80(75(56)73)52-30-11-4-12-31-52)71(60)57-34-15-20-40-65(57)81-66-41-21-16-35-58(66)72-69(81)46-44-55-53-32-13-18-38-63(53)79(74(55)72)51-28-9-3-10-29-51/h1-48H. The van der Waals surface area contributed by atoms with Crippen LogP contribution < -0.4 is 0 Å². The first kappa shape index (κ1) is 45.9. The van der Waals surface area contributed by atoms with E-state index in [0.717, 1.165) is 84.0 Å². The summed E-state index contributed by atoms with van der Waals surface area (Å²) in [4.78, 5) is 11.2. The van der Waals surface area contributed by atoms with Gasteiger partial charge in [0.2, 0.25) is 0 Å². The van der Waals surface area contributed by atoms with E-state index in [0.29, 0.717) is 5.82 Å². The van der Waals surface area contributed by atoms with Crippen LogP contribution in [-0.4, -0.2) is 28.2 Å². The van der Waals surface area contributed by atoms with E-state index >= 15 is 0 Å². The molecule has 12 aromatic carbocycles. The van der Waals surface area contributed by atoms with E-state index in [-0.39, 0.29) is 0 Å². The molecule has 0 bridgehead atoms. The lowest BCUT2D eigenvalue weighted by Crippen LogP contribution is -2.05. The monoisotopic (exact) mass is 1040 g/mol. The summed E-state index contributed by atoms with van der Waals surface area (Å²) in [5.41, 5.74) is 20.1. The molecule has 0 fully saturated rings. The summed E-state index contributed by atoms with van der Waals surface area (Å²) in [6, 6.07) is 105. The van der Waals surface area contributed by atoms with Crippen molar-refractivity contribution in [2.24, 2.45) is 0 Å². The van der Waals surface area contributed by atoms with E-state index in [2.05, 4.69) is 309 Å². The Hall–Kier alpha value is -11.1. The summed E-state index contributed by atoms with van der Waals surface area (Å²) in [6.07, 6.45) is 0. The van der Waals surface area contributed by atoms with Gasteiger partial charge in [0.15, 0.2) is 5.82 Å². The maximum atomic E-state index is 5.60. The molecule has 6 heteroatoms. The summed E-state index contributed by atoms with van der Waals surface area (Å²) >= 11 is 0. The summed E-state index contributed by atoms with van der Waals surface area (Å²) in [6.45, 7) is 0. The van der Waals surface area contributed by atoms with E-state index in [4.69, 9.17) is 9.97 Å². The summed E-state index contributed by atoms with van der Waals surface area (Å²) in [7, 11) is 0. The fraction of sp³-hybridized carbons (Fsp3) is 0. The van der Waals surface area contributed by atoms with Crippen LogP contribution in [0.5, 0.6) is 0 Å². The van der Waals surface area contributed by atoms with Crippen LogP contribution in [-0.2, 0) is 0 Å². The first-order valence-corrected chi connectivity index (χ1v) is 28.0. The predicted molar refractivity (Wildman–Crippen MR) is 341 cm³/mol. The van der Waals surface area contributed by atoms with Crippen molar-refractivity contribution in [1.82, 2.24) is 28.2 Å². The molecule has 0 unspecified atom stereocenters. The molecular weight excluding hydrogens is 997 g/mol. The zero-order valence-corrected chi connectivity index (χ0v) is 44.4. The quantitative estimate of drug-likeness (QED) is 0.152. The number of hydrogen-bond donors (Lipinski definition) is 0. The van der Waals surface area contributed by atoms with Gasteiger partial charge in [0.25, 0.3) is 0 Å². The minimum Gasteiger partial charge on any atom is -0.309 e. The highest BCUT2D eigenvalue weighted by atomic mass is 15.0. The molecule has 0 saturated carbocycles.